The summed E-state index contributed by atoms with van der Waals surface area (Å²) in [6, 6.07) is 13.3. The largest absolute Gasteiger partial charge is 0.486 e. The molecule has 7 nitrogen and oxygen atoms in total. The maximum atomic E-state index is 13.6. The molecular formula is C29H39ClN4O3. The van der Waals surface area contributed by atoms with Gasteiger partial charge in [0, 0.05) is 42.5 Å². The first-order valence-corrected chi connectivity index (χ1v) is 13.7. The maximum Gasteiger partial charge on any atom is 0.257 e. The molecule has 2 aromatic carbocycles. The van der Waals surface area contributed by atoms with Gasteiger partial charge in [-0.25, -0.2) is 0 Å². The van der Waals surface area contributed by atoms with Gasteiger partial charge < -0.3 is 20.3 Å². The third-order valence-corrected chi connectivity index (χ3v) is 7.74. The number of fused-ring (bicyclic) bond motifs is 1. The lowest BCUT2D eigenvalue weighted by atomic mass is 9.96. The fourth-order valence-electron chi connectivity index (χ4n) is 5.13. The number of carbonyl (C=O) groups is 2. The second-order valence-corrected chi connectivity index (χ2v) is 11.1. The Balaban J connectivity index is 1.62. The number of halogens is 1. The number of anilines is 1. The van der Waals surface area contributed by atoms with Crippen LogP contribution in [-0.4, -0.2) is 67.0 Å². The van der Waals surface area contributed by atoms with Crippen molar-refractivity contribution in [3.63, 3.8) is 0 Å². The van der Waals surface area contributed by atoms with Crippen LogP contribution in [0.1, 0.15) is 49.5 Å². The predicted molar refractivity (Wildman–Crippen MR) is 148 cm³/mol. The number of rotatable bonds is 7. The van der Waals surface area contributed by atoms with Gasteiger partial charge in [-0.05, 0) is 70.6 Å². The highest BCUT2D eigenvalue weighted by atomic mass is 35.5. The lowest BCUT2D eigenvalue weighted by Crippen LogP contribution is -2.48. The highest BCUT2D eigenvalue weighted by Crippen LogP contribution is 2.35. The summed E-state index contributed by atoms with van der Waals surface area (Å²) >= 11 is 6.41. The molecule has 0 spiro atoms. The Morgan fingerprint density at radius 1 is 1.19 bits per heavy atom. The summed E-state index contributed by atoms with van der Waals surface area (Å²) in [6.07, 6.45) is 1.40. The zero-order chi connectivity index (χ0) is 26.5. The van der Waals surface area contributed by atoms with Crippen molar-refractivity contribution in [2.45, 2.75) is 52.3 Å². The van der Waals surface area contributed by atoms with Gasteiger partial charge in [-0.1, -0.05) is 42.8 Å². The van der Waals surface area contributed by atoms with E-state index in [0.717, 1.165) is 36.5 Å². The first kappa shape index (κ1) is 27.4. The van der Waals surface area contributed by atoms with E-state index in [1.807, 2.05) is 55.1 Å². The van der Waals surface area contributed by atoms with Crippen molar-refractivity contribution in [1.29, 1.82) is 0 Å². The average molecular weight is 527 g/mol. The van der Waals surface area contributed by atoms with Crippen LogP contribution < -0.4 is 15.4 Å². The normalized spacial score (nSPS) is 20.8. The van der Waals surface area contributed by atoms with E-state index in [1.165, 1.54) is 0 Å². The Morgan fingerprint density at radius 3 is 2.62 bits per heavy atom. The Morgan fingerprint density at radius 2 is 1.92 bits per heavy atom. The molecule has 0 saturated carbocycles. The third-order valence-electron chi connectivity index (χ3n) is 7.38. The van der Waals surface area contributed by atoms with Crippen LogP contribution in [0.5, 0.6) is 5.75 Å². The van der Waals surface area contributed by atoms with Gasteiger partial charge >= 0.3 is 0 Å². The van der Waals surface area contributed by atoms with Crippen LogP contribution in [-0.2, 0) is 11.3 Å². The van der Waals surface area contributed by atoms with E-state index in [9.17, 15) is 9.59 Å². The minimum atomic E-state index is -0.197. The second-order valence-electron chi connectivity index (χ2n) is 10.7. The summed E-state index contributed by atoms with van der Waals surface area (Å²) in [5.74, 6) is 0.390. The van der Waals surface area contributed by atoms with Crippen LogP contribution in [0.2, 0.25) is 5.02 Å². The van der Waals surface area contributed by atoms with Crippen LogP contribution in [0.15, 0.2) is 42.5 Å². The fraction of sp³-hybridized carbons (Fsp3) is 0.517. The van der Waals surface area contributed by atoms with E-state index in [-0.39, 0.29) is 35.8 Å². The number of carbonyl (C=O) groups excluding carboxylic acids is 2. The number of ether oxygens (including phenoxy) is 1. The van der Waals surface area contributed by atoms with Crippen LogP contribution in [0, 0.1) is 11.8 Å². The zero-order valence-corrected chi connectivity index (χ0v) is 23.1. The number of nitrogens with zero attached hydrogens (tertiary/aromatic N) is 2. The number of nitrogens with one attached hydrogen (secondary N) is 2. The molecule has 2 aliphatic heterocycles. The highest BCUT2D eigenvalue weighted by molar-refractivity contribution is 6.31. The van der Waals surface area contributed by atoms with Gasteiger partial charge in [-0.15, -0.1) is 0 Å². The summed E-state index contributed by atoms with van der Waals surface area (Å²) in [4.78, 5) is 30.8. The Kier molecular flexibility index (Phi) is 9.11. The lowest BCUT2D eigenvalue weighted by Gasteiger charge is -2.38. The van der Waals surface area contributed by atoms with Gasteiger partial charge in [0.05, 0.1) is 11.3 Å². The number of benzene rings is 2. The highest BCUT2D eigenvalue weighted by Gasteiger charge is 2.34. The molecule has 2 heterocycles. The number of amides is 2. The van der Waals surface area contributed by atoms with Gasteiger partial charge in [-0.2, -0.15) is 0 Å². The Bertz CT molecular complexity index is 1100. The summed E-state index contributed by atoms with van der Waals surface area (Å²) < 4.78 is 6.66. The summed E-state index contributed by atoms with van der Waals surface area (Å²) in [7, 11) is 2.05. The molecule has 2 N–H and O–H groups in total. The predicted octanol–water partition coefficient (Wildman–Crippen LogP) is 4.66. The standard InChI is InChI=1S/C29H39ClN4O3/c1-19(2)34-16-20(3)26(18-33(4)17-22-8-5-6-10-24(22)30)37-27-23(29(34)36)9-7-11-25(27)32-28(35)21-12-14-31-15-13-21/h5-11,19-21,26,31H,12-18H2,1-4H3,(H,32,35). The molecule has 0 aliphatic carbocycles. The summed E-state index contributed by atoms with van der Waals surface area (Å²) in [6.45, 7) is 9.77. The van der Waals surface area contributed by atoms with Crippen LogP contribution in [0.4, 0.5) is 5.69 Å². The molecule has 1 fully saturated rings. The van der Waals surface area contributed by atoms with Gasteiger partial charge in [0.1, 0.15) is 6.10 Å². The van der Waals surface area contributed by atoms with Crippen molar-refractivity contribution >= 4 is 29.1 Å². The molecule has 0 radical (unpaired) electrons. The topological polar surface area (TPSA) is 73.9 Å². The van der Waals surface area contributed by atoms with Crippen molar-refractivity contribution in [3.8, 4) is 5.75 Å². The van der Waals surface area contributed by atoms with E-state index >= 15 is 0 Å². The molecule has 0 bridgehead atoms. The van der Waals surface area contributed by atoms with E-state index < -0.39 is 0 Å². The monoisotopic (exact) mass is 526 g/mol. The van der Waals surface area contributed by atoms with Crippen LogP contribution in [0.3, 0.4) is 0 Å². The van der Waals surface area contributed by atoms with Gasteiger partial charge in [0.15, 0.2) is 5.75 Å². The minimum Gasteiger partial charge on any atom is -0.486 e. The van der Waals surface area contributed by atoms with Crippen LogP contribution >= 0.6 is 11.6 Å². The molecule has 37 heavy (non-hydrogen) atoms. The van der Waals surface area contributed by atoms with Crippen LogP contribution in [0.25, 0.3) is 0 Å². The van der Waals surface area contributed by atoms with Gasteiger partial charge in [0.2, 0.25) is 5.91 Å². The number of likely N-dealkylation sites (N-methyl/N-ethyl adjacent to an activating group) is 1. The van der Waals surface area contributed by atoms with Gasteiger partial charge in [-0.3, -0.25) is 14.5 Å². The molecule has 8 heteroatoms. The van der Waals surface area contributed by atoms with Crippen molar-refractivity contribution in [3.05, 3.63) is 58.6 Å². The molecule has 200 valence electrons. The zero-order valence-electron chi connectivity index (χ0n) is 22.3. The average Bonchev–Trinajstić information content (AvgIpc) is 2.88. The van der Waals surface area contributed by atoms with Crippen molar-refractivity contribution < 1.29 is 14.3 Å². The SMILES string of the molecule is CC1CN(C(C)C)C(=O)c2cccc(NC(=O)C3CCNCC3)c2OC1CN(C)Cc1ccccc1Cl. The molecule has 1 saturated heterocycles. The summed E-state index contributed by atoms with van der Waals surface area (Å²) in [5, 5.41) is 7.14. The van der Waals surface area contributed by atoms with E-state index in [1.54, 1.807) is 6.07 Å². The molecule has 2 atom stereocenters. The number of hydrogen-bond donors (Lipinski definition) is 2. The molecule has 2 amide bonds. The molecule has 4 rings (SSSR count). The number of para-hydroxylation sites is 1. The molecule has 2 aliphatic rings. The molecule has 2 unspecified atom stereocenters. The van der Waals surface area contributed by atoms with Crippen molar-refractivity contribution in [2.75, 3.05) is 38.5 Å². The minimum absolute atomic E-state index is 0.0193. The second kappa shape index (κ2) is 12.3. The quantitative estimate of drug-likeness (QED) is 0.549. The maximum absolute atomic E-state index is 13.6. The van der Waals surface area contributed by atoms with E-state index in [0.29, 0.717) is 36.6 Å². The Hall–Kier alpha value is -2.61. The van der Waals surface area contributed by atoms with Gasteiger partial charge in [0.25, 0.3) is 5.91 Å². The van der Waals surface area contributed by atoms with Crippen molar-refractivity contribution in [1.82, 2.24) is 15.1 Å². The Labute approximate surface area is 225 Å². The lowest BCUT2D eigenvalue weighted by molar-refractivity contribution is -0.120. The summed E-state index contributed by atoms with van der Waals surface area (Å²) in [5.41, 5.74) is 2.10. The molecule has 0 aromatic heterocycles. The molecule has 2 aromatic rings. The first-order valence-electron chi connectivity index (χ1n) is 13.3. The van der Waals surface area contributed by atoms with E-state index in [2.05, 4.69) is 29.5 Å². The number of hydrogen-bond acceptors (Lipinski definition) is 5. The fourth-order valence-corrected chi connectivity index (χ4v) is 5.33. The third kappa shape index (κ3) is 6.64. The van der Waals surface area contributed by atoms with E-state index in [4.69, 9.17) is 16.3 Å². The first-order chi connectivity index (χ1) is 17.7. The number of piperidine rings is 1. The molecular weight excluding hydrogens is 488 g/mol. The van der Waals surface area contributed by atoms with Crippen molar-refractivity contribution in [2.24, 2.45) is 11.8 Å². The smallest absolute Gasteiger partial charge is 0.257 e.